The van der Waals surface area contributed by atoms with Gasteiger partial charge in [-0.25, -0.2) is 0 Å². The van der Waals surface area contributed by atoms with E-state index in [1.165, 1.54) is 0 Å². The quantitative estimate of drug-likeness (QED) is 0.186. The van der Waals surface area contributed by atoms with Crippen LogP contribution in [0.3, 0.4) is 0 Å². The maximum atomic E-state index is 4.82. The molecular weight excluding hydrogens is 883 g/mol. The van der Waals surface area contributed by atoms with Gasteiger partial charge in [0.2, 0.25) is 0 Å². The minimum atomic E-state index is 0. The Morgan fingerprint density at radius 2 is 0.810 bits per heavy atom. The summed E-state index contributed by atoms with van der Waals surface area (Å²) in [6.07, 6.45) is 5.60. The first-order chi connectivity index (χ1) is 19.4. The predicted octanol–water partition coefficient (Wildman–Crippen LogP) is 6.76. The van der Waals surface area contributed by atoms with Crippen molar-refractivity contribution in [2.24, 2.45) is 14.1 Å². The van der Waals surface area contributed by atoms with Crippen molar-refractivity contribution in [3.8, 4) is 22.8 Å². The van der Waals surface area contributed by atoms with Gasteiger partial charge in [0.25, 0.3) is 0 Å². The molecular formula is C34H34N6Pt2. The summed E-state index contributed by atoms with van der Waals surface area (Å²) in [6, 6.07) is 32.7. The molecule has 0 saturated carbocycles. The van der Waals surface area contributed by atoms with E-state index in [0.717, 1.165) is 69.8 Å². The molecule has 0 radical (unpaired) electrons. The zero-order valence-corrected chi connectivity index (χ0v) is 28.7. The summed E-state index contributed by atoms with van der Waals surface area (Å²) in [5.74, 6) is 0. The van der Waals surface area contributed by atoms with Gasteiger partial charge in [-0.05, 0) is 86.6 Å². The molecule has 0 spiro atoms. The molecule has 0 bridgehead atoms. The molecule has 0 aliphatic heterocycles. The van der Waals surface area contributed by atoms with Crippen molar-refractivity contribution in [2.45, 2.75) is 26.7 Å². The Morgan fingerprint density at radius 3 is 1.14 bits per heavy atom. The SMILES string of the molecule is Cc1cccc(Cc2cccc(C)n2)n1.Cn1cccc1-c1cccc(Cc2cccc(-c3cccn3C)n2)n1.[Pt].[Pt]. The minimum absolute atomic E-state index is 0. The van der Waals surface area contributed by atoms with Crippen LogP contribution in [-0.2, 0) is 69.1 Å². The molecule has 0 aromatic carbocycles. The van der Waals surface area contributed by atoms with Crippen molar-refractivity contribution >= 4 is 0 Å². The van der Waals surface area contributed by atoms with Crippen LogP contribution in [0.5, 0.6) is 0 Å². The third-order valence-electron chi connectivity index (χ3n) is 6.64. The van der Waals surface area contributed by atoms with Crippen molar-refractivity contribution in [3.05, 3.63) is 144 Å². The van der Waals surface area contributed by atoms with E-state index in [-0.39, 0.29) is 42.1 Å². The fourth-order valence-corrected chi connectivity index (χ4v) is 4.66. The molecule has 6 nitrogen and oxygen atoms in total. The van der Waals surface area contributed by atoms with E-state index < -0.39 is 0 Å². The van der Waals surface area contributed by atoms with Gasteiger partial charge in [0.1, 0.15) is 0 Å². The molecule has 0 unspecified atom stereocenters. The molecule has 6 heterocycles. The van der Waals surface area contributed by atoms with Gasteiger partial charge in [0.15, 0.2) is 0 Å². The van der Waals surface area contributed by atoms with Crippen molar-refractivity contribution in [1.82, 2.24) is 29.1 Å². The van der Waals surface area contributed by atoms with Gasteiger partial charge in [0, 0.05) is 116 Å². The molecule has 0 aliphatic carbocycles. The van der Waals surface area contributed by atoms with Crippen LogP contribution in [0.1, 0.15) is 34.2 Å². The number of rotatable bonds is 6. The molecule has 8 heteroatoms. The predicted molar refractivity (Wildman–Crippen MR) is 161 cm³/mol. The molecule has 6 aromatic rings. The fourth-order valence-electron chi connectivity index (χ4n) is 4.66. The number of aryl methyl sites for hydroxylation is 4. The first kappa shape index (κ1) is 33.0. The van der Waals surface area contributed by atoms with E-state index in [9.17, 15) is 0 Å². The Kier molecular flexibility index (Phi) is 12.3. The molecule has 0 N–H and O–H groups in total. The summed E-state index contributed by atoms with van der Waals surface area (Å²) < 4.78 is 4.17. The van der Waals surface area contributed by atoms with Gasteiger partial charge >= 0.3 is 0 Å². The van der Waals surface area contributed by atoms with Crippen molar-refractivity contribution in [1.29, 1.82) is 0 Å². The van der Waals surface area contributed by atoms with Crippen LogP contribution < -0.4 is 0 Å². The second-order valence-corrected chi connectivity index (χ2v) is 9.93. The van der Waals surface area contributed by atoms with E-state index in [1.807, 2.05) is 101 Å². The average molecular weight is 917 g/mol. The number of aromatic nitrogens is 6. The molecule has 0 amide bonds. The molecule has 0 fully saturated rings. The monoisotopic (exact) mass is 916 g/mol. The van der Waals surface area contributed by atoms with Crippen LogP contribution in [0.25, 0.3) is 22.8 Å². The van der Waals surface area contributed by atoms with Crippen molar-refractivity contribution in [3.63, 3.8) is 0 Å². The zero-order valence-electron chi connectivity index (χ0n) is 24.1. The molecule has 0 aliphatic rings. The maximum Gasteiger partial charge on any atom is 0.0869 e. The summed E-state index contributed by atoms with van der Waals surface area (Å²) in [4.78, 5) is 18.5. The fraction of sp³-hybridized carbons (Fsp3) is 0.176. The summed E-state index contributed by atoms with van der Waals surface area (Å²) in [5.41, 5.74) is 10.5. The number of nitrogens with zero attached hydrogens (tertiary/aromatic N) is 6. The van der Waals surface area contributed by atoms with Gasteiger partial charge < -0.3 is 9.13 Å². The molecule has 6 aromatic heterocycles. The molecule has 42 heavy (non-hydrogen) atoms. The largest absolute Gasteiger partial charge is 0.349 e. The Labute approximate surface area is 276 Å². The van der Waals surface area contributed by atoms with Crippen LogP contribution >= 0.6 is 0 Å². The normalized spacial score (nSPS) is 10.2. The molecule has 0 atom stereocenters. The van der Waals surface area contributed by atoms with Gasteiger partial charge in [-0.3, -0.25) is 19.9 Å². The van der Waals surface area contributed by atoms with E-state index in [4.69, 9.17) is 9.97 Å². The van der Waals surface area contributed by atoms with Crippen LogP contribution in [0, 0.1) is 13.8 Å². The van der Waals surface area contributed by atoms with E-state index in [0.29, 0.717) is 0 Å². The Balaban J connectivity index is 0.000000246. The number of hydrogen-bond acceptors (Lipinski definition) is 4. The number of pyridine rings is 4. The van der Waals surface area contributed by atoms with Crippen molar-refractivity contribution < 1.29 is 42.1 Å². The van der Waals surface area contributed by atoms with Gasteiger partial charge in [-0.2, -0.15) is 0 Å². The van der Waals surface area contributed by atoms with E-state index in [1.54, 1.807) is 0 Å². The second kappa shape index (κ2) is 15.7. The van der Waals surface area contributed by atoms with Crippen LogP contribution in [-0.4, -0.2) is 29.1 Å². The Hall–Kier alpha value is -3.46. The van der Waals surface area contributed by atoms with Gasteiger partial charge in [-0.15, -0.1) is 0 Å². The van der Waals surface area contributed by atoms with Crippen LogP contribution in [0.15, 0.2) is 109 Å². The topological polar surface area (TPSA) is 61.4 Å². The number of hydrogen-bond donors (Lipinski definition) is 0. The zero-order chi connectivity index (χ0) is 27.9. The summed E-state index contributed by atoms with van der Waals surface area (Å²) in [7, 11) is 4.07. The van der Waals surface area contributed by atoms with Crippen LogP contribution in [0.4, 0.5) is 0 Å². The third-order valence-corrected chi connectivity index (χ3v) is 6.64. The van der Waals surface area contributed by atoms with Crippen molar-refractivity contribution in [2.75, 3.05) is 0 Å². The average Bonchev–Trinajstić information content (AvgIpc) is 3.57. The van der Waals surface area contributed by atoms with Crippen LogP contribution in [0.2, 0.25) is 0 Å². The Morgan fingerprint density at radius 1 is 0.452 bits per heavy atom. The minimum Gasteiger partial charge on any atom is -0.349 e. The molecule has 0 saturated heterocycles. The molecule has 220 valence electrons. The molecule has 6 rings (SSSR count). The maximum absolute atomic E-state index is 4.82. The summed E-state index contributed by atoms with van der Waals surface area (Å²) in [6.45, 7) is 4.01. The first-order valence-corrected chi connectivity index (χ1v) is 13.4. The second-order valence-electron chi connectivity index (χ2n) is 9.93. The third kappa shape index (κ3) is 8.77. The van der Waals surface area contributed by atoms with Gasteiger partial charge in [-0.1, -0.05) is 24.3 Å². The van der Waals surface area contributed by atoms with E-state index in [2.05, 4.69) is 55.5 Å². The standard InChI is InChI=1S/C21H20N4.C13H14N2.2Pt/c1-24-13-5-11-20(24)18-9-3-7-16(22-18)15-17-8-4-10-19(23-17)21-12-6-14-25(21)2;1-10-5-3-7-12(14-10)9-13-8-4-6-11(2)15-13;;/h3-14H,15H2,1-2H3;3-8H,9H2,1-2H3;;. The van der Waals surface area contributed by atoms with E-state index >= 15 is 0 Å². The van der Waals surface area contributed by atoms with Gasteiger partial charge in [0.05, 0.1) is 22.8 Å². The first-order valence-electron chi connectivity index (χ1n) is 13.4. The summed E-state index contributed by atoms with van der Waals surface area (Å²) in [5, 5.41) is 0. The Bertz CT molecular complexity index is 1600. The summed E-state index contributed by atoms with van der Waals surface area (Å²) >= 11 is 0. The smallest absolute Gasteiger partial charge is 0.0869 e.